The Kier molecular flexibility index (Phi) is 4.84. The number of aromatic nitrogens is 1. The van der Waals surface area contributed by atoms with Crippen LogP contribution in [0.3, 0.4) is 0 Å². The molecule has 2 amide bonds. The predicted molar refractivity (Wildman–Crippen MR) is 77.4 cm³/mol. The molecule has 0 fully saturated rings. The third-order valence-corrected chi connectivity index (χ3v) is 2.98. The Labute approximate surface area is 121 Å². The van der Waals surface area contributed by atoms with Crippen molar-refractivity contribution in [1.29, 1.82) is 0 Å². The zero-order chi connectivity index (χ0) is 15.2. The maximum absolute atomic E-state index is 12.8. The van der Waals surface area contributed by atoms with Gasteiger partial charge in [-0.1, -0.05) is 12.1 Å². The van der Waals surface area contributed by atoms with E-state index in [2.05, 4.69) is 15.6 Å². The number of amides is 2. The van der Waals surface area contributed by atoms with E-state index in [4.69, 9.17) is 0 Å². The number of hydrogen-bond acceptors (Lipinski definition) is 3. The van der Waals surface area contributed by atoms with E-state index in [0.29, 0.717) is 11.3 Å². The number of rotatable bonds is 4. The Morgan fingerprint density at radius 3 is 2.71 bits per heavy atom. The number of hydrogen-bond donors (Lipinski definition) is 3. The summed E-state index contributed by atoms with van der Waals surface area (Å²) in [5.41, 5.74) is 2.03. The highest BCUT2D eigenvalue weighted by Crippen LogP contribution is 2.13. The lowest BCUT2D eigenvalue weighted by Gasteiger charge is -2.13. The van der Waals surface area contributed by atoms with Crippen LogP contribution in [0.25, 0.3) is 0 Å². The summed E-state index contributed by atoms with van der Waals surface area (Å²) >= 11 is 0. The van der Waals surface area contributed by atoms with E-state index in [1.165, 1.54) is 24.3 Å². The Bertz CT molecular complexity index is 617. The van der Waals surface area contributed by atoms with Crippen LogP contribution in [0.15, 0.2) is 42.7 Å². The van der Waals surface area contributed by atoms with Crippen molar-refractivity contribution in [3.63, 3.8) is 0 Å². The van der Waals surface area contributed by atoms with E-state index in [1.807, 2.05) is 6.92 Å². The quantitative estimate of drug-likeness (QED) is 0.809. The largest absolute Gasteiger partial charge is 0.387 e. The van der Waals surface area contributed by atoms with Crippen LogP contribution < -0.4 is 10.6 Å². The fourth-order valence-electron chi connectivity index (χ4n) is 1.77. The molecule has 110 valence electrons. The molecule has 5 nitrogen and oxygen atoms in total. The monoisotopic (exact) mass is 289 g/mol. The molecule has 0 aliphatic carbocycles. The number of aliphatic hydroxyl groups excluding tert-OH is 1. The highest BCUT2D eigenvalue weighted by atomic mass is 19.1. The molecule has 0 aliphatic rings. The van der Waals surface area contributed by atoms with Gasteiger partial charge in [-0.2, -0.15) is 0 Å². The SMILES string of the molecule is Cc1cnccc1NC(=O)NC[C@H](O)c1ccc(F)cc1. The summed E-state index contributed by atoms with van der Waals surface area (Å²) < 4.78 is 12.8. The number of carbonyl (C=O) groups is 1. The highest BCUT2D eigenvalue weighted by molar-refractivity contribution is 5.89. The van der Waals surface area contributed by atoms with Gasteiger partial charge in [-0.05, 0) is 36.2 Å². The summed E-state index contributed by atoms with van der Waals surface area (Å²) in [6.45, 7) is 1.86. The average molecular weight is 289 g/mol. The van der Waals surface area contributed by atoms with Crippen molar-refractivity contribution < 1.29 is 14.3 Å². The summed E-state index contributed by atoms with van der Waals surface area (Å²) in [6.07, 6.45) is 2.33. The zero-order valence-corrected chi connectivity index (χ0v) is 11.5. The van der Waals surface area contributed by atoms with Gasteiger partial charge in [0.05, 0.1) is 6.10 Å². The molecule has 0 saturated heterocycles. The number of anilines is 1. The normalized spacial score (nSPS) is 11.8. The predicted octanol–water partition coefficient (Wildman–Crippen LogP) is 2.38. The number of nitrogens with zero attached hydrogens (tertiary/aromatic N) is 1. The molecule has 0 unspecified atom stereocenters. The van der Waals surface area contributed by atoms with E-state index in [9.17, 15) is 14.3 Å². The molecule has 21 heavy (non-hydrogen) atoms. The molecule has 2 rings (SSSR count). The molecular formula is C15H16FN3O2. The van der Waals surface area contributed by atoms with Gasteiger partial charge in [0.1, 0.15) is 5.82 Å². The number of urea groups is 1. The Morgan fingerprint density at radius 2 is 2.05 bits per heavy atom. The van der Waals surface area contributed by atoms with Crippen LogP contribution in [-0.2, 0) is 0 Å². The molecule has 1 aromatic heterocycles. The summed E-state index contributed by atoms with van der Waals surface area (Å²) in [5, 5.41) is 15.1. The number of benzene rings is 1. The van der Waals surface area contributed by atoms with Crippen LogP contribution in [0.4, 0.5) is 14.9 Å². The smallest absolute Gasteiger partial charge is 0.319 e. The summed E-state index contributed by atoms with van der Waals surface area (Å²) in [5.74, 6) is -0.371. The molecule has 0 aliphatic heterocycles. The van der Waals surface area contributed by atoms with E-state index < -0.39 is 12.1 Å². The van der Waals surface area contributed by atoms with Gasteiger partial charge in [-0.3, -0.25) is 4.98 Å². The first-order chi connectivity index (χ1) is 10.1. The van der Waals surface area contributed by atoms with E-state index in [1.54, 1.807) is 18.5 Å². The van der Waals surface area contributed by atoms with E-state index in [-0.39, 0.29) is 12.4 Å². The second kappa shape index (κ2) is 6.81. The Hall–Kier alpha value is -2.47. The van der Waals surface area contributed by atoms with Crippen molar-refractivity contribution in [1.82, 2.24) is 10.3 Å². The van der Waals surface area contributed by atoms with Crippen molar-refractivity contribution in [2.24, 2.45) is 0 Å². The van der Waals surface area contributed by atoms with Crippen LogP contribution in [0.2, 0.25) is 0 Å². The number of nitrogens with one attached hydrogen (secondary N) is 2. The Morgan fingerprint density at radius 1 is 1.33 bits per heavy atom. The first-order valence-corrected chi connectivity index (χ1v) is 6.45. The number of pyridine rings is 1. The van der Waals surface area contributed by atoms with Crippen molar-refractivity contribution in [3.8, 4) is 0 Å². The lowest BCUT2D eigenvalue weighted by Crippen LogP contribution is -2.32. The molecule has 0 radical (unpaired) electrons. The maximum Gasteiger partial charge on any atom is 0.319 e. The maximum atomic E-state index is 12.8. The Balaban J connectivity index is 1.86. The third-order valence-electron chi connectivity index (χ3n) is 2.98. The molecule has 6 heteroatoms. The molecule has 0 bridgehead atoms. The summed E-state index contributed by atoms with van der Waals surface area (Å²) in [7, 11) is 0. The van der Waals surface area contributed by atoms with Gasteiger partial charge in [0.15, 0.2) is 0 Å². The molecule has 1 heterocycles. The van der Waals surface area contributed by atoms with Gasteiger partial charge >= 0.3 is 6.03 Å². The lowest BCUT2D eigenvalue weighted by molar-refractivity contribution is 0.175. The van der Waals surface area contributed by atoms with Crippen LogP contribution in [0, 0.1) is 12.7 Å². The standard InChI is InChI=1S/C15H16FN3O2/c1-10-8-17-7-6-13(10)19-15(21)18-9-14(20)11-2-4-12(16)5-3-11/h2-8,14,20H,9H2,1H3,(H2,17,18,19,21)/t14-/m0/s1. The highest BCUT2D eigenvalue weighted by Gasteiger charge is 2.10. The van der Waals surface area contributed by atoms with Gasteiger partial charge in [-0.15, -0.1) is 0 Å². The molecule has 2 aromatic rings. The average Bonchev–Trinajstić information content (AvgIpc) is 2.48. The van der Waals surface area contributed by atoms with Gasteiger partial charge < -0.3 is 15.7 Å². The molecular weight excluding hydrogens is 273 g/mol. The van der Waals surface area contributed by atoms with Crippen molar-refractivity contribution >= 4 is 11.7 Å². The molecule has 1 aromatic carbocycles. The summed E-state index contributed by atoms with van der Waals surface area (Å²) in [6, 6.07) is 6.74. The minimum Gasteiger partial charge on any atom is -0.387 e. The van der Waals surface area contributed by atoms with Crippen molar-refractivity contribution in [2.45, 2.75) is 13.0 Å². The van der Waals surface area contributed by atoms with Gasteiger partial charge in [-0.25, -0.2) is 9.18 Å². The fraction of sp³-hybridized carbons (Fsp3) is 0.200. The van der Waals surface area contributed by atoms with Gasteiger partial charge in [0.2, 0.25) is 0 Å². The number of aliphatic hydroxyl groups is 1. The van der Waals surface area contributed by atoms with Gasteiger partial charge in [0.25, 0.3) is 0 Å². The van der Waals surface area contributed by atoms with E-state index >= 15 is 0 Å². The minimum absolute atomic E-state index is 0.0294. The van der Waals surface area contributed by atoms with Crippen LogP contribution in [-0.4, -0.2) is 22.7 Å². The molecule has 3 N–H and O–H groups in total. The minimum atomic E-state index is -0.894. The summed E-state index contributed by atoms with van der Waals surface area (Å²) in [4.78, 5) is 15.7. The molecule has 0 spiro atoms. The topological polar surface area (TPSA) is 74.2 Å². The number of halogens is 1. The first kappa shape index (κ1) is 14.9. The second-order valence-electron chi connectivity index (χ2n) is 4.59. The molecule has 0 saturated carbocycles. The van der Waals surface area contributed by atoms with E-state index in [0.717, 1.165) is 5.56 Å². The number of aryl methyl sites for hydroxylation is 1. The zero-order valence-electron chi connectivity index (χ0n) is 11.5. The van der Waals surface area contributed by atoms with Crippen molar-refractivity contribution in [2.75, 3.05) is 11.9 Å². The van der Waals surface area contributed by atoms with Crippen LogP contribution >= 0.6 is 0 Å². The van der Waals surface area contributed by atoms with Crippen LogP contribution in [0.1, 0.15) is 17.2 Å². The molecule has 1 atom stereocenters. The lowest BCUT2D eigenvalue weighted by atomic mass is 10.1. The number of carbonyl (C=O) groups excluding carboxylic acids is 1. The van der Waals surface area contributed by atoms with Gasteiger partial charge in [0, 0.05) is 24.6 Å². The fourth-order valence-corrected chi connectivity index (χ4v) is 1.77. The first-order valence-electron chi connectivity index (χ1n) is 6.45. The van der Waals surface area contributed by atoms with Crippen molar-refractivity contribution in [3.05, 3.63) is 59.7 Å². The second-order valence-corrected chi connectivity index (χ2v) is 4.59. The third kappa shape index (κ3) is 4.25. The van der Waals surface area contributed by atoms with Crippen LogP contribution in [0.5, 0.6) is 0 Å².